The summed E-state index contributed by atoms with van der Waals surface area (Å²) in [7, 11) is 0. The van der Waals surface area contributed by atoms with Crippen LogP contribution in [0.1, 0.15) is 28.9 Å². The van der Waals surface area contributed by atoms with Gasteiger partial charge in [-0.1, -0.05) is 15.9 Å². The number of fused-ring (bicyclic) bond motifs is 2. The van der Waals surface area contributed by atoms with E-state index in [2.05, 4.69) is 31.2 Å². The molecular formula is C19H16BrN3O2. The molecule has 4 aromatic rings. The van der Waals surface area contributed by atoms with Crippen molar-refractivity contribution in [3.63, 3.8) is 0 Å². The number of phenolic OH excluding ortho intramolecular Hbond substituents is 1. The summed E-state index contributed by atoms with van der Waals surface area (Å²) < 4.78 is 0.925. The number of carbonyl (C=O) groups is 1. The van der Waals surface area contributed by atoms with E-state index in [4.69, 9.17) is 0 Å². The summed E-state index contributed by atoms with van der Waals surface area (Å²) in [6.07, 6.45) is 3.58. The van der Waals surface area contributed by atoms with Crippen LogP contribution in [0.5, 0.6) is 5.75 Å². The van der Waals surface area contributed by atoms with Crippen molar-refractivity contribution in [3.8, 4) is 5.75 Å². The van der Waals surface area contributed by atoms with Crippen LogP contribution < -0.4 is 5.32 Å². The predicted molar refractivity (Wildman–Crippen MR) is 102 cm³/mol. The fraction of sp³-hybridized carbons (Fsp3) is 0.105. The highest BCUT2D eigenvalue weighted by atomic mass is 79.9. The Hall–Kier alpha value is -2.73. The second-order valence-electron chi connectivity index (χ2n) is 6.06. The van der Waals surface area contributed by atoms with Gasteiger partial charge in [0, 0.05) is 38.7 Å². The Kier molecular flexibility index (Phi) is 3.77. The van der Waals surface area contributed by atoms with Crippen LogP contribution in [0, 0.1) is 0 Å². The molecule has 1 amide bonds. The Bertz CT molecular complexity index is 1100. The number of amides is 1. The van der Waals surface area contributed by atoms with E-state index in [-0.39, 0.29) is 17.7 Å². The van der Waals surface area contributed by atoms with Crippen LogP contribution in [-0.4, -0.2) is 21.0 Å². The van der Waals surface area contributed by atoms with Crippen LogP contribution in [0.4, 0.5) is 0 Å². The number of aromatic nitrogens is 2. The molecule has 0 aliphatic heterocycles. The lowest BCUT2D eigenvalue weighted by molar-refractivity contribution is 0.0942. The number of hydrogen-bond donors (Lipinski definition) is 4. The van der Waals surface area contributed by atoms with Gasteiger partial charge in [0.15, 0.2) is 0 Å². The first-order valence-corrected chi connectivity index (χ1v) is 8.70. The van der Waals surface area contributed by atoms with E-state index in [1.54, 1.807) is 18.3 Å². The van der Waals surface area contributed by atoms with Crippen molar-refractivity contribution in [2.45, 2.75) is 13.0 Å². The quantitative estimate of drug-likeness (QED) is 0.407. The molecule has 6 heteroatoms. The van der Waals surface area contributed by atoms with E-state index in [9.17, 15) is 9.90 Å². The summed E-state index contributed by atoms with van der Waals surface area (Å²) in [4.78, 5) is 19.0. The third-order valence-electron chi connectivity index (χ3n) is 4.40. The third-order valence-corrected chi connectivity index (χ3v) is 4.89. The Labute approximate surface area is 152 Å². The topological polar surface area (TPSA) is 80.9 Å². The largest absolute Gasteiger partial charge is 0.508 e. The zero-order chi connectivity index (χ0) is 17.6. The van der Waals surface area contributed by atoms with Crippen LogP contribution >= 0.6 is 15.9 Å². The molecule has 1 unspecified atom stereocenters. The molecule has 0 aliphatic rings. The van der Waals surface area contributed by atoms with E-state index in [0.29, 0.717) is 5.56 Å². The van der Waals surface area contributed by atoms with E-state index < -0.39 is 0 Å². The summed E-state index contributed by atoms with van der Waals surface area (Å²) in [6, 6.07) is 10.7. The molecular weight excluding hydrogens is 382 g/mol. The summed E-state index contributed by atoms with van der Waals surface area (Å²) in [5.41, 5.74) is 3.37. The van der Waals surface area contributed by atoms with Gasteiger partial charge < -0.3 is 20.4 Å². The zero-order valence-corrected chi connectivity index (χ0v) is 15.0. The number of halogens is 1. The second-order valence-corrected chi connectivity index (χ2v) is 6.98. The molecule has 4 N–H and O–H groups in total. The highest BCUT2D eigenvalue weighted by Gasteiger charge is 2.18. The van der Waals surface area contributed by atoms with Gasteiger partial charge in [-0.25, -0.2) is 0 Å². The molecule has 1 atom stereocenters. The SMILES string of the molecule is CC(NC(=O)c1c[nH]c2ccc(Br)cc12)c1c[nH]c2ccc(O)cc12. The standard InChI is InChI=1S/C19H16BrN3O2/c1-10(15-8-21-18-5-3-12(24)7-14(15)18)23-19(25)16-9-22-17-4-2-11(20)6-13(16)17/h2-10,21-22,24H,1H3,(H,23,25). The summed E-state index contributed by atoms with van der Waals surface area (Å²) in [5.74, 6) is 0.0553. The number of phenols is 1. The molecule has 2 aromatic heterocycles. The maximum Gasteiger partial charge on any atom is 0.253 e. The predicted octanol–water partition coefficient (Wildman–Crippen LogP) is 4.61. The van der Waals surface area contributed by atoms with Crippen LogP contribution in [-0.2, 0) is 0 Å². The third kappa shape index (κ3) is 2.78. The number of nitrogens with one attached hydrogen (secondary N) is 3. The van der Waals surface area contributed by atoms with Gasteiger partial charge in [-0.15, -0.1) is 0 Å². The summed E-state index contributed by atoms with van der Waals surface area (Å²) >= 11 is 3.44. The number of H-pyrrole nitrogens is 2. The molecule has 0 aliphatic carbocycles. The average molecular weight is 398 g/mol. The lowest BCUT2D eigenvalue weighted by Gasteiger charge is -2.13. The van der Waals surface area contributed by atoms with E-state index in [1.807, 2.05) is 37.4 Å². The van der Waals surface area contributed by atoms with Crippen molar-refractivity contribution in [3.05, 3.63) is 64.4 Å². The average Bonchev–Trinajstić information content (AvgIpc) is 3.17. The van der Waals surface area contributed by atoms with Gasteiger partial charge in [0.25, 0.3) is 5.91 Å². The van der Waals surface area contributed by atoms with E-state index in [1.165, 1.54) is 0 Å². The molecule has 126 valence electrons. The lowest BCUT2D eigenvalue weighted by Crippen LogP contribution is -2.26. The van der Waals surface area contributed by atoms with Crippen molar-refractivity contribution < 1.29 is 9.90 Å². The first-order chi connectivity index (χ1) is 12.0. The molecule has 0 radical (unpaired) electrons. The van der Waals surface area contributed by atoms with Gasteiger partial charge in [-0.05, 0) is 48.9 Å². The molecule has 2 heterocycles. The van der Waals surface area contributed by atoms with E-state index in [0.717, 1.165) is 31.8 Å². The Morgan fingerprint density at radius 2 is 1.80 bits per heavy atom. The number of aromatic amines is 2. The van der Waals surface area contributed by atoms with Crippen LogP contribution in [0.15, 0.2) is 53.3 Å². The second kappa shape index (κ2) is 5.97. The van der Waals surface area contributed by atoms with Gasteiger partial charge in [0.05, 0.1) is 11.6 Å². The summed E-state index contributed by atoms with van der Waals surface area (Å²) in [5, 5.41) is 14.5. The molecule has 0 fully saturated rings. The minimum atomic E-state index is -0.208. The fourth-order valence-electron chi connectivity index (χ4n) is 3.12. The highest BCUT2D eigenvalue weighted by Crippen LogP contribution is 2.28. The highest BCUT2D eigenvalue weighted by molar-refractivity contribution is 9.10. The zero-order valence-electron chi connectivity index (χ0n) is 13.4. The van der Waals surface area contributed by atoms with Crippen LogP contribution in [0.2, 0.25) is 0 Å². The molecule has 0 bridgehead atoms. The van der Waals surface area contributed by atoms with Crippen molar-refractivity contribution in [2.24, 2.45) is 0 Å². The Morgan fingerprint density at radius 1 is 1.08 bits per heavy atom. The maximum atomic E-state index is 12.7. The number of aromatic hydroxyl groups is 1. The van der Waals surface area contributed by atoms with Gasteiger partial charge >= 0.3 is 0 Å². The number of rotatable bonds is 3. The van der Waals surface area contributed by atoms with Crippen LogP contribution in [0.3, 0.4) is 0 Å². The first-order valence-electron chi connectivity index (χ1n) is 7.90. The van der Waals surface area contributed by atoms with Crippen molar-refractivity contribution in [1.29, 1.82) is 0 Å². The molecule has 0 saturated carbocycles. The molecule has 5 nitrogen and oxygen atoms in total. The Morgan fingerprint density at radius 3 is 2.64 bits per heavy atom. The molecule has 2 aromatic carbocycles. The van der Waals surface area contributed by atoms with Crippen molar-refractivity contribution in [1.82, 2.24) is 15.3 Å². The Balaban J connectivity index is 1.65. The van der Waals surface area contributed by atoms with Gasteiger partial charge in [-0.2, -0.15) is 0 Å². The van der Waals surface area contributed by atoms with Gasteiger partial charge in [0.2, 0.25) is 0 Å². The lowest BCUT2D eigenvalue weighted by atomic mass is 10.1. The van der Waals surface area contributed by atoms with Crippen molar-refractivity contribution in [2.75, 3.05) is 0 Å². The number of benzene rings is 2. The normalized spacial score (nSPS) is 12.6. The summed E-state index contributed by atoms with van der Waals surface area (Å²) in [6.45, 7) is 1.93. The number of carbonyl (C=O) groups excluding carboxylic acids is 1. The van der Waals surface area contributed by atoms with E-state index >= 15 is 0 Å². The number of hydrogen-bond acceptors (Lipinski definition) is 2. The maximum absolute atomic E-state index is 12.7. The fourth-order valence-corrected chi connectivity index (χ4v) is 3.48. The smallest absolute Gasteiger partial charge is 0.253 e. The minimum Gasteiger partial charge on any atom is -0.508 e. The van der Waals surface area contributed by atoms with Crippen molar-refractivity contribution >= 4 is 43.6 Å². The molecule has 0 spiro atoms. The monoisotopic (exact) mass is 397 g/mol. The molecule has 0 saturated heterocycles. The van der Waals surface area contributed by atoms with Gasteiger partial charge in [-0.3, -0.25) is 4.79 Å². The first kappa shape index (κ1) is 15.8. The van der Waals surface area contributed by atoms with Gasteiger partial charge in [0.1, 0.15) is 5.75 Å². The molecule has 25 heavy (non-hydrogen) atoms. The van der Waals surface area contributed by atoms with Crippen LogP contribution in [0.25, 0.3) is 21.8 Å². The minimum absolute atomic E-state index is 0.147. The molecule has 4 rings (SSSR count).